The lowest BCUT2D eigenvalue weighted by Gasteiger charge is -2.32. The van der Waals surface area contributed by atoms with Crippen molar-refractivity contribution >= 4 is 5.97 Å². The summed E-state index contributed by atoms with van der Waals surface area (Å²) in [6.07, 6.45) is -5.89. The van der Waals surface area contributed by atoms with E-state index >= 15 is 0 Å². The summed E-state index contributed by atoms with van der Waals surface area (Å²) >= 11 is 0. The number of hydrogen-bond acceptors (Lipinski definition) is 6. The van der Waals surface area contributed by atoms with Gasteiger partial charge in [-0.3, -0.25) is 0 Å². The minimum Gasteiger partial charge on any atom is -0.431 e. The summed E-state index contributed by atoms with van der Waals surface area (Å²) in [5, 5.41) is 27.0. The van der Waals surface area contributed by atoms with Crippen LogP contribution < -0.4 is 0 Å². The number of cyclic esters (lactones) is 1. The molecule has 1 aliphatic rings. The molecule has 4 unspecified atom stereocenters. The zero-order chi connectivity index (χ0) is 9.30. The maximum Gasteiger partial charge on any atom is 0.340 e. The van der Waals surface area contributed by atoms with Crippen LogP contribution in [0.5, 0.6) is 0 Å². The Morgan fingerprint density at radius 3 is 2.42 bits per heavy atom. The van der Waals surface area contributed by atoms with Crippen molar-refractivity contribution in [3.63, 3.8) is 0 Å². The molecule has 6 nitrogen and oxygen atoms in total. The highest BCUT2D eigenvalue weighted by molar-refractivity contribution is 5.76. The largest absolute Gasteiger partial charge is 0.431 e. The Bertz CT molecular complexity index is 179. The van der Waals surface area contributed by atoms with Crippen molar-refractivity contribution in [2.45, 2.75) is 24.6 Å². The minimum atomic E-state index is -1.70. The third kappa shape index (κ3) is 1.42. The average Bonchev–Trinajstić information content (AvgIpc) is 2.08. The van der Waals surface area contributed by atoms with Crippen LogP contribution in [0.25, 0.3) is 0 Å². The second kappa shape index (κ2) is 3.36. The standard InChI is InChI=1S/C6H10O6/c1-11-6-4(9)2(7)3(8)5(10)12-6/h2-4,6-9H,1H3. The fourth-order valence-electron chi connectivity index (χ4n) is 0.929. The zero-order valence-corrected chi connectivity index (χ0v) is 6.38. The molecule has 1 saturated heterocycles. The van der Waals surface area contributed by atoms with Crippen molar-refractivity contribution in [3.8, 4) is 0 Å². The topological polar surface area (TPSA) is 96.2 Å². The second-order valence-corrected chi connectivity index (χ2v) is 2.47. The number of carbonyl (C=O) groups is 1. The van der Waals surface area contributed by atoms with E-state index in [1.54, 1.807) is 0 Å². The van der Waals surface area contributed by atoms with E-state index in [1.165, 1.54) is 7.11 Å². The number of carbonyl (C=O) groups excluding carboxylic acids is 1. The molecule has 3 N–H and O–H groups in total. The lowest BCUT2D eigenvalue weighted by molar-refractivity contribution is -0.249. The van der Waals surface area contributed by atoms with E-state index < -0.39 is 30.6 Å². The summed E-state index contributed by atoms with van der Waals surface area (Å²) < 4.78 is 8.94. The summed E-state index contributed by atoms with van der Waals surface area (Å²) in [6, 6.07) is 0. The Morgan fingerprint density at radius 2 is 1.92 bits per heavy atom. The van der Waals surface area contributed by atoms with E-state index in [4.69, 9.17) is 15.3 Å². The number of aliphatic hydroxyl groups is 3. The number of aliphatic hydroxyl groups excluding tert-OH is 3. The van der Waals surface area contributed by atoms with E-state index in [0.717, 1.165) is 0 Å². The van der Waals surface area contributed by atoms with E-state index in [9.17, 15) is 4.79 Å². The Kier molecular flexibility index (Phi) is 2.63. The third-order valence-corrected chi connectivity index (χ3v) is 1.66. The molecule has 0 bridgehead atoms. The Morgan fingerprint density at radius 1 is 1.33 bits per heavy atom. The first-order valence-corrected chi connectivity index (χ1v) is 3.35. The van der Waals surface area contributed by atoms with E-state index in [2.05, 4.69) is 9.47 Å². The first-order valence-electron chi connectivity index (χ1n) is 3.35. The molecule has 1 heterocycles. The van der Waals surface area contributed by atoms with Crippen molar-refractivity contribution in [3.05, 3.63) is 0 Å². The van der Waals surface area contributed by atoms with Gasteiger partial charge in [0.1, 0.15) is 12.2 Å². The molecule has 0 aromatic carbocycles. The lowest BCUT2D eigenvalue weighted by Crippen LogP contribution is -2.56. The van der Waals surface area contributed by atoms with Gasteiger partial charge >= 0.3 is 5.97 Å². The second-order valence-electron chi connectivity index (χ2n) is 2.47. The molecule has 0 saturated carbocycles. The SMILES string of the molecule is COC1OC(=O)C(O)C(O)C1O. The Hall–Kier alpha value is -0.690. The molecule has 1 fully saturated rings. The van der Waals surface area contributed by atoms with Gasteiger partial charge in [-0.15, -0.1) is 0 Å². The van der Waals surface area contributed by atoms with Gasteiger partial charge in [-0.1, -0.05) is 0 Å². The fourth-order valence-corrected chi connectivity index (χ4v) is 0.929. The van der Waals surface area contributed by atoms with Gasteiger partial charge < -0.3 is 24.8 Å². The Balaban J connectivity index is 2.70. The molecular weight excluding hydrogens is 168 g/mol. The highest BCUT2D eigenvalue weighted by Crippen LogP contribution is 2.16. The molecule has 12 heavy (non-hydrogen) atoms. The van der Waals surface area contributed by atoms with Crippen LogP contribution in [0.3, 0.4) is 0 Å². The number of rotatable bonds is 1. The molecule has 6 heteroatoms. The first-order chi connectivity index (χ1) is 5.57. The van der Waals surface area contributed by atoms with Crippen molar-refractivity contribution in [2.24, 2.45) is 0 Å². The minimum absolute atomic E-state index is 1.00. The lowest BCUT2D eigenvalue weighted by atomic mass is 10.1. The average molecular weight is 178 g/mol. The van der Waals surface area contributed by atoms with Gasteiger partial charge in [-0.05, 0) is 0 Å². The van der Waals surface area contributed by atoms with Gasteiger partial charge in [0.15, 0.2) is 6.10 Å². The van der Waals surface area contributed by atoms with Gasteiger partial charge in [0.2, 0.25) is 6.29 Å². The van der Waals surface area contributed by atoms with Gasteiger partial charge in [0, 0.05) is 7.11 Å². The fraction of sp³-hybridized carbons (Fsp3) is 0.833. The zero-order valence-electron chi connectivity index (χ0n) is 6.38. The monoisotopic (exact) mass is 178 g/mol. The van der Waals surface area contributed by atoms with Crippen LogP contribution in [-0.2, 0) is 14.3 Å². The number of ether oxygens (including phenoxy) is 2. The number of methoxy groups -OCH3 is 1. The van der Waals surface area contributed by atoms with Crippen LogP contribution in [-0.4, -0.2) is 53.0 Å². The van der Waals surface area contributed by atoms with Gasteiger partial charge in [0.25, 0.3) is 0 Å². The van der Waals surface area contributed by atoms with Crippen LogP contribution in [0.15, 0.2) is 0 Å². The smallest absolute Gasteiger partial charge is 0.340 e. The normalized spacial score (nSPS) is 42.5. The maximum absolute atomic E-state index is 10.7. The molecule has 4 atom stereocenters. The van der Waals surface area contributed by atoms with Crippen molar-refractivity contribution in [2.75, 3.05) is 7.11 Å². The van der Waals surface area contributed by atoms with Gasteiger partial charge in [0.05, 0.1) is 0 Å². The Labute approximate surface area is 68.3 Å². The van der Waals surface area contributed by atoms with Crippen LogP contribution in [0.1, 0.15) is 0 Å². The van der Waals surface area contributed by atoms with Crippen LogP contribution >= 0.6 is 0 Å². The van der Waals surface area contributed by atoms with Crippen LogP contribution in [0, 0.1) is 0 Å². The van der Waals surface area contributed by atoms with E-state index in [0.29, 0.717) is 0 Å². The van der Waals surface area contributed by atoms with Gasteiger partial charge in [-0.25, -0.2) is 4.79 Å². The molecule has 1 rings (SSSR count). The number of esters is 1. The summed E-state index contributed by atoms with van der Waals surface area (Å²) in [6.45, 7) is 0. The maximum atomic E-state index is 10.7. The summed E-state index contributed by atoms with van der Waals surface area (Å²) in [5.41, 5.74) is 0. The number of hydrogen-bond donors (Lipinski definition) is 3. The quantitative estimate of drug-likeness (QED) is 0.387. The molecule has 0 radical (unpaired) electrons. The predicted molar refractivity (Wildman–Crippen MR) is 34.9 cm³/mol. The highest BCUT2D eigenvalue weighted by atomic mass is 16.7. The molecule has 0 amide bonds. The summed E-state index contributed by atoms with van der Waals surface area (Å²) in [4.78, 5) is 10.7. The molecule has 1 aliphatic heterocycles. The molecule has 0 aliphatic carbocycles. The van der Waals surface area contributed by atoms with Crippen molar-refractivity contribution in [1.29, 1.82) is 0 Å². The predicted octanol–water partition coefficient (Wildman–Crippen LogP) is -2.40. The molecule has 0 aromatic rings. The summed E-state index contributed by atoms with van der Waals surface area (Å²) in [7, 11) is 1.21. The highest BCUT2D eigenvalue weighted by Gasteiger charge is 2.43. The summed E-state index contributed by atoms with van der Waals surface area (Å²) in [5.74, 6) is -1.00. The molecule has 0 spiro atoms. The molecule has 70 valence electrons. The van der Waals surface area contributed by atoms with Crippen molar-refractivity contribution in [1.82, 2.24) is 0 Å². The van der Waals surface area contributed by atoms with E-state index in [1.807, 2.05) is 0 Å². The third-order valence-electron chi connectivity index (χ3n) is 1.66. The molecular formula is C6H10O6. The molecule has 0 aromatic heterocycles. The van der Waals surface area contributed by atoms with E-state index in [-0.39, 0.29) is 0 Å². The van der Waals surface area contributed by atoms with Crippen LogP contribution in [0.4, 0.5) is 0 Å². The van der Waals surface area contributed by atoms with Crippen LogP contribution in [0.2, 0.25) is 0 Å². The first kappa shape index (κ1) is 9.40. The van der Waals surface area contributed by atoms with Crippen molar-refractivity contribution < 1.29 is 29.6 Å². The van der Waals surface area contributed by atoms with Gasteiger partial charge in [-0.2, -0.15) is 0 Å².